The molecule has 0 unspecified atom stereocenters. The highest BCUT2D eigenvalue weighted by Crippen LogP contribution is 2.35. The molecule has 2 aromatic heterocycles. The second-order valence-electron chi connectivity index (χ2n) is 15.9. The molecular weight excluding hydrogens is 756 g/mol. The maximum absolute atomic E-state index is 7.41. The summed E-state index contributed by atoms with van der Waals surface area (Å²) in [5.74, 6) is 0. The average Bonchev–Trinajstić information content (AvgIpc) is 3.88. The van der Waals surface area contributed by atoms with Crippen LogP contribution in [0.5, 0.6) is 0 Å². The third-order valence-corrected chi connectivity index (χ3v) is 12.5. The minimum Gasteiger partial charge on any atom is -0.311 e. The molecule has 10 aromatic rings. The molecule has 0 saturated carbocycles. The van der Waals surface area contributed by atoms with Crippen molar-refractivity contribution in [2.45, 2.75) is 0 Å². The highest BCUT2D eigenvalue weighted by molar-refractivity contribution is 6.72. The van der Waals surface area contributed by atoms with Crippen molar-refractivity contribution >= 4 is 230 Å². The van der Waals surface area contributed by atoms with Crippen LogP contribution in [-0.4, -0.2) is 119 Å². The van der Waals surface area contributed by atoms with Crippen LogP contribution in [-0.2, 0) is 0 Å². The first-order chi connectivity index (χ1) is 30.6. The first-order valence-corrected chi connectivity index (χ1v) is 20.1. The number of benzene rings is 8. The van der Waals surface area contributed by atoms with Crippen molar-refractivity contribution < 1.29 is 0 Å². The lowest BCUT2D eigenvalue weighted by Crippen LogP contribution is -2.48. The van der Waals surface area contributed by atoms with Crippen LogP contribution in [0.4, 0.5) is 0 Å². The van der Waals surface area contributed by atoms with E-state index in [2.05, 4.69) is 6.07 Å². The van der Waals surface area contributed by atoms with Gasteiger partial charge in [0.05, 0.1) is 0 Å². The monoisotopic (exact) mass is 776 g/mol. The Morgan fingerprint density at radius 3 is 0.906 bits per heavy atom. The number of hydrogen-bond acceptors (Lipinski definition) is 0. The third-order valence-electron chi connectivity index (χ3n) is 12.5. The molecule has 0 aliphatic carbocycles. The fraction of sp³-hybridized carbons (Fsp3) is 0. The molecule has 262 valence electrons. The van der Waals surface area contributed by atoms with Gasteiger partial charge in [-0.3, -0.25) is 0 Å². The SMILES string of the molecule is [B]c1c([B])c([B])c2c(c1[B])c1c([B])c(-c3c([B])c([B])c4c(c3[B])c3c([B])c([B])c([B])c([B])c3n4-c3cc(-c4ccccc4)cc(-c4ccccc4)c3)c([B])c([B])c1n2-c1ccccc1. The maximum Gasteiger partial charge on any atom is 0.115 e. The van der Waals surface area contributed by atoms with E-state index in [1.165, 1.54) is 0 Å². The van der Waals surface area contributed by atoms with Crippen LogP contribution in [0.25, 0.3) is 88.4 Å². The summed E-state index contributed by atoms with van der Waals surface area (Å²) in [5, 5.41) is 1.51. The largest absolute Gasteiger partial charge is 0.311 e. The minimum atomic E-state index is 0.0369. The molecule has 16 heteroatoms. The van der Waals surface area contributed by atoms with Gasteiger partial charge in [0.2, 0.25) is 0 Å². The van der Waals surface area contributed by atoms with Crippen molar-refractivity contribution in [3.05, 3.63) is 109 Å². The predicted molar refractivity (Wildman–Crippen MR) is 287 cm³/mol. The van der Waals surface area contributed by atoms with E-state index in [-0.39, 0.29) is 87.6 Å². The molecule has 2 heterocycles. The number of nitrogens with zero attached hydrogens (tertiary/aromatic N) is 2. The number of aromatic nitrogens is 2. The lowest BCUT2D eigenvalue weighted by atomic mass is 9.61. The van der Waals surface area contributed by atoms with E-state index < -0.39 is 0 Å². The summed E-state index contributed by atoms with van der Waals surface area (Å²) >= 11 is 0. The van der Waals surface area contributed by atoms with E-state index in [4.69, 9.17) is 110 Å². The third kappa shape index (κ3) is 5.93. The van der Waals surface area contributed by atoms with Gasteiger partial charge in [-0.25, -0.2) is 0 Å². The van der Waals surface area contributed by atoms with Crippen LogP contribution in [0, 0.1) is 0 Å². The Labute approximate surface area is 390 Å². The zero-order valence-corrected chi connectivity index (χ0v) is 34.4. The van der Waals surface area contributed by atoms with Crippen molar-refractivity contribution in [2.75, 3.05) is 0 Å². The average molecular weight is 774 g/mol. The lowest BCUT2D eigenvalue weighted by molar-refractivity contribution is 1.19. The minimum absolute atomic E-state index is 0.0369. The molecule has 0 aliphatic rings. The molecule has 0 saturated heterocycles. The summed E-state index contributed by atoms with van der Waals surface area (Å²) in [6, 6.07) is 35.4. The Kier molecular flexibility index (Phi) is 10.2. The zero-order chi connectivity index (χ0) is 45.2. The van der Waals surface area contributed by atoms with Gasteiger partial charge in [-0.2, -0.15) is 0 Å². The van der Waals surface area contributed by atoms with Gasteiger partial charge >= 0.3 is 0 Å². The van der Waals surface area contributed by atoms with E-state index in [0.29, 0.717) is 55.0 Å². The van der Waals surface area contributed by atoms with Gasteiger partial charge in [0.1, 0.15) is 110 Å². The van der Waals surface area contributed by atoms with E-state index in [0.717, 1.165) is 22.3 Å². The fourth-order valence-corrected chi connectivity index (χ4v) is 9.35. The quantitative estimate of drug-likeness (QED) is 0.158. The summed E-state index contributed by atoms with van der Waals surface area (Å²) < 4.78 is 3.67. The van der Waals surface area contributed by atoms with Gasteiger partial charge < -0.3 is 9.13 Å². The standard InChI is InChI=1S/C48H18B14N2/c49-31-25(33(51)41(59)45-27(31)29-35(53)37(55)39(57)43(61)47(29)63(45)23-14-8-3-9-15-23)26-32(50)28-30-36(54)38(56)40(58)44(62)48(30)64(46(28)42(60)34(26)52)24-17-21(19-10-4-1-5-11-19)16-22(18-24)20-12-6-2-7-13-20/h1-18H. The highest BCUT2D eigenvalue weighted by atomic mass is 15.0. The fourth-order valence-electron chi connectivity index (χ4n) is 9.35. The van der Waals surface area contributed by atoms with E-state index >= 15 is 0 Å². The summed E-state index contributed by atoms with van der Waals surface area (Å²) in [4.78, 5) is 0. The molecule has 2 nitrogen and oxygen atoms in total. The Morgan fingerprint density at radius 2 is 0.531 bits per heavy atom. The van der Waals surface area contributed by atoms with Crippen molar-refractivity contribution in [1.29, 1.82) is 0 Å². The topological polar surface area (TPSA) is 9.86 Å². The van der Waals surface area contributed by atoms with Crippen molar-refractivity contribution in [1.82, 2.24) is 9.13 Å². The first-order valence-electron chi connectivity index (χ1n) is 20.1. The van der Waals surface area contributed by atoms with E-state index in [9.17, 15) is 0 Å². The predicted octanol–water partition coefficient (Wildman–Crippen LogP) is -4.00. The number of hydrogen-bond donors (Lipinski definition) is 0. The van der Waals surface area contributed by atoms with Gasteiger partial charge in [0, 0.05) is 44.2 Å². The van der Waals surface area contributed by atoms with Crippen LogP contribution >= 0.6 is 0 Å². The summed E-state index contributed by atoms with van der Waals surface area (Å²) in [5.41, 5.74) is 8.40. The summed E-state index contributed by atoms with van der Waals surface area (Å²) in [7, 11) is 97.0. The van der Waals surface area contributed by atoms with Gasteiger partial charge in [-0.15, -0.1) is 21.9 Å². The number of fused-ring (bicyclic) bond motifs is 6. The van der Waals surface area contributed by atoms with Crippen LogP contribution in [0.15, 0.2) is 109 Å². The number of para-hydroxylation sites is 1. The molecule has 0 N–H and O–H groups in total. The van der Waals surface area contributed by atoms with Crippen LogP contribution in [0.1, 0.15) is 0 Å². The summed E-state index contributed by atoms with van der Waals surface area (Å²) in [6.07, 6.45) is 0. The smallest absolute Gasteiger partial charge is 0.115 e. The van der Waals surface area contributed by atoms with Crippen LogP contribution in [0.2, 0.25) is 0 Å². The molecule has 0 spiro atoms. The molecule has 0 aliphatic heterocycles. The van der Waals surface area contributed by atoms with Crippen molar-refractivity contribution in [3.63, 3.8) is 0 Å². The first kappa shape index (κ1) is 42.2. The van der Waals surface area contributed by atoms with Crippen molar-refractivity contribution in [2.24, 2.45) is 0 Å². The van der Waals surface area contributed by atoms with Crippen LogP contribution in [0.3, 0.4) is 0 Å². The molecule has 28 radical (unpaired) electrons. The lowest BCUT2D eigenvalue weighted by Gasteiger charge is -2.25. The molecule has 0 amide bonds. The summed E-state index contributed by atoms with van der Waals surface area (Å²) in [6.45, 7) is 0. The number of rotatable bonds is 5. The van der Waals surface area contributed by atoms with Crippen LogP contribution < -0.4 is 76.5 Å². The Hall–Kier alpha value is -5.73. The Morgan fingerprint density at radius 1 is 0.234 bits per heavy atom. The molecule has 0 bridgehead atoms. The van der Waals surface area contributed by atoms with Gasteiger partial charge in [-0.05, 0) is 74.5 Å². The maximum atomic E-state index is 7.41. The second kappa shape index (κ2) is 15.5. The van der Waals surface area contributed by atoms with Gasteiger partial charge in [0.25, 0.3) is 0 Å². The van der Waals surface area contributed by atoms with E-state index in [1.807, 2.05) is 108 Å². The molecular formula is C48H18B14N2. The molecule has 10 rings (SSSR count). The molecule has 0 fully saturated rings. The normalized spacial score (nSPS) is 11.7. The highest BCUT2D eigenvalue weighted by Gasteiger charge is 2.28. The Bertz CT molecular complexity index is 3580. The Balaban J connectivity index is 1.38. The zero-order valence-electron chi connectivity index (χ0n) is 34.4. The van der Waals surface area contributed by atoms with Crippen molar-refractivity contribution in [3.8, 4) is 44.8 Å². The molecule has 64 heavy (non-hydrogen) atoms. The van der Waals surface area contributed by atoms with Gasteiger partial charge in [-0.1, -0.05) is 133 Å². The molecule has 0 atom stereocenters. The second-order valence-corrected chi connectivity index (χ2v) is 15.9. The van der Waals surface area contributed by atoms with Gasteiger partial charge in [0.15, 0.2) is 0 Å². The van der Waals surface area contributed by atoms with E-state index in [1.54, 1.807) is 4.57 Å². The molecule has 8 aromatic carbocycles.